The normalized spacial score (nSPS) is 14.4. The number of hydrogen-bond acceptors (Lipinski definition) is 4. The third-order valence-electron chi connectivity index (χ3n) is 7.45. The van der Waals surface area contributed by atoms with Crippen molar-refractivity contribution in [3.8, 4) is 0 Å². The van der Waals surface area contributed by atoms with E-state index in [-0.39, 0.29) is 35.5 Å². The van der Waals surface area contributed by atoms with E-state index in [1.165, 1.54) is 41.3 Å². The van der Waals surface area contributed by atoms with Crippen molar-refractivity contribution in [2.24, 2.45) is 0 Å². The van der Waals surface area contributed by atoms with Crippen LogP contribution in [0.2, 0.25) is 10.0 Å². The Morgan fingerprint density at radius 3 is 2.31 bits per heavy atom. The minimum Gasteiger partial charge on any atom is -0.352 e. The molecule has 1 aliphatic rings. The highest BCUT2D eigenvalue weighted by Crippen LogP contribution is 2.29. The van der Waals surface area contributed by atoms with Crippen molar-refractivity contribution in [1.82, 2.24) is 10.2 Å². The molecule has 0 aromatic heterocycles. The Kier molecular flexibility index (Phi) is 10.5. The smallest absolute Gasteiger partial charge is 0.264 e. The van der Waals surface area contributed by atoms with Crippen molar-refractivity contribution in [2.75, 3.05) is 10.8 Å². The van der Waals surface area contributed by atoms with Crippen molar-refractivity contribution in [3.05, 3.63) is 93.7 Å². The fourth-order valence-electron chi connectivity index (χ4n) is 5.13. The second-order valence-corrected chi connectivity index (χ2v) is 13.2. The number of amides is 2. The van der Waals surface area contributed by atoms with Gasteiger partial charge in [0.2, 0.25) is 11.8 Å². The van der Waals surface area contributed by atoms with E-state index in [0.717, 1.165) is 41.6 Å². The molecule has 4 rings (SSSR count). The van der Waals surface area contributed by atoms with Crippen LogP contribution in [-0.4, -0.2) is 43.8 Å². The zero-order chi connectivity index (χ0) is 30.4. The van der Waals surface area contributed by atoms with Crippen LogP contribution >= 0.6 is 23.2 Å². The number of nitrogens with zero attached hydrogens (tertiary/aromatic N) is 2. The van der Waals surface area contributed by atoms with Gasteiger partial charge in [0.05, 0.1) is 10.6 Å². The van der Waals surface area contributed by atoms with Crippen LogP contribution in [0.3, 0.4) is 0 Å². The number of sulfonamides is 1. The molecule has 3 aromatic rings. The summed E-state index contributed by atoms with van der Waals surface area (Å²) >= 11 is 12.5. The Bertz CT molecular complexity index is 1530. The van der Waals surface area contributed by atoms with E-state index in [2.05, 4.69) is 5.32 Å². The molecule has 1 atom stereocenters. The maximum Gasteiger partial charge on any atom is 0.264 e. The lowest BCUT2D eigenvalue weighted by molar-refractivity contribution is -0.140. The summed E-state index contributed by atoms with van der Waals surface area (Å²) in [5.74, 6) is -1.82. The first-order chi connectivity index (χ1) is 20.0. The quantitative estimate of drug-likeness (QED) is 0.261. The first-order valence-electron chi connectivity index (χ1n) is 13.9. The largest absolute Gasteiger partial charge is 0.352 e. The Morgan fingerprint density at radius 1 is 1.02 bits per heavy atom. The zero-order valence-corrected chi connectivity index (χ0v) is 25.9. The molecule has 0 bridgehead atoms. The molecular formula is C31H34Cl2FN3O4S. The molecule has 1 saturated carbocycles. The van der Waals surface area contributed by atoms with Crippen molar-refractivity contribution >= 4 is 50.7 Å². The van der Waals surface area contributed by atoms with E-state index in [1.807, 2.05) is 6.92 Å². The van der Waals surface area contributed by atoms with Gasteiger partial charge in [-0.15, -0.1) is 0 Å². The summed E-state index contributed by atoms with van der Waals surface area (Å²) in [6.07, 6.45) is 4.00. The summed E-state index contributed by atoms with van der Waals surface area (Å²) in [5, 5.41) is 3.75. The van der Waals surface area contributed by atoms with Gasteiger partial charge in [0, 0.05) is 22.6 Å². The molecule has 0 radical (unpaired) electrons. The molecular weight excluding hydrogens is 600 g/mol. The number of para-hydroxylation sites is 1. The van der Waals surface area contributed by atoms with Crippen molar-refractivity contribution in [1.29, 1.82) is 0 Å². The molecule has 11 heteroatoms. The third-order valence-corrected chi connectivity index (χ3v) is 9.81. The molecule has 42 heavy (non-hydrogen) atoms. The molecule has 1 unspecified atom stereocenters. The van der Waals surface area contributed by atoms with Gasteiger partial charge >= 0.3 is 0 Å². The number of halogens is 3. The SMILES string of the molecule is CCC(C(=O)NC1CCCC1)N(Cc1ccc(Cl)cc1Cl)C(=O)CN(c1ccccc1F)S(=O)(=O)c1ccc(C)cc1. The zero-order valence-electron chi connectivity index (χ0n) is 23.5. The Labute approximate surface area is 256 Å². The number of carbonyl (C=O) groups excluding carboxylic acids is 2. The molecule has 0 saturated heterocycles. The molecule has 1 fully saturated rings. The van der Waals surface area contributed by atoms with Crippen LogP contribution in [0.15, 0.2) is 71.6 Å². The van der Waals surface area contributed by atoms with Gasteiger partial charge in [-0.3, -0.25) is 13.9 Å². The molecule has 0 spiro atoms. The molecule has 1 aliphatic carbocycles. The van der Waals surface area contributed by atoms with E-state index in [1.54, 1.807) is 31.2 Å². The van der Waals surface area contributed by atoms with Crippen molar-refractivity contribution in [3.63, 3.8) is 0 Å². The van der Waals surface area contributed by atoms with Gasteiger partial charge in [-0.25, -0.2) is 12.8 Å². The predicted octanol–water partition coefficient (Wildman–Crippen LogP) is 6.50. The summed E-state index contributed by atoms with van der Waals surface area (Å²) in [4.78, 5) is 28.9. The molecule has 7 nitrogen and oxygen atoms in total. The van der Waals surface area contributed by atoms with Crippen LogP contribution in [0.4, 0.5) is 10.1 Å². The van der Waals surface area contributed by atoms with Gasteiger partial charge < -0.3 is 10.2 Å². The Hall–Kier alpha value is -3.14. The number of hydrogen-bond donors (Lipinski definition) is 1. The lowest BCUT2D eigenvalue weighted by atomic mass is 10.1. The van der Waals surface area contributed by atoms with E-state index in [4.69, 9.17) is 23.2 Å². The molecule has 224 valence electrons. The molecule has 2 amide bonds. The van der Waals surface area contributed by atoms with Gasteiger partial charge in [-0.05, 0) is 68.1 Å². The summed E-state index contributed by atoms with van der Waals surface area (Å²) in [6.45, 7) is 2.77. The van der Waals surface area contributed by atoms with Crippen LogP contribution in [0.25, 0.3) is 0 Å². The van der Waals surface area contributed by atoms with Crippen LogP contribution in [0.1, 0.15) is 50.2 Å². The van der Waals surface area contributed by atoms with Crippen LogP contribution in [0, 0.1) is 12.7 Å². The van der Waals surface area contributed by atoms with Crippen LogP contribution < -0.4 is 9.62 Å². The lowest BCUT2D eigenvalue weighted by Crippen LogP contribution is -2.53. The van der Waals surface area contributed by atoms with Gasteiger partial charge in [0.25, 0.3) is 10.0 Å². The number of nitrogens with one attached hydrogen (secondary N) is 1. The first kappa shape index (κ1) is 31.8. The highest BCUT2D eigenvalue weighted by molar-refractivity contribution is 7.92. The summed E-state index contributed by atoms with van der Waals surface area (Å²) in [6, 6.07) is 15.4. The number of anilines is 1. The number of rotatable bonds is 11. The van der Waals surface area contributed by atoms with E-state index in [0.29, 0.717) is 15.6 Å². The maximum absolute atomic E-state index is 15.1. The van der Waals surface area contributed by atoms with E-state index < -0.39 is 34.3 Å². The molecule has 3 aromatic carbocycles. The fourth-order valence-corrected chi connectivity index (χ4v) is 7.02. The minimum atomic E-state index is -4.38. The maximum atomic E-state index is 15.1. The van der Waals surface area contributed by atoms with Gasteiger partial charge in [0.15, 0.2) is 0 Å². The monoisotopic (exact) mass is 633 g/mol. The second kappa shape index (κ2) is 13.9. The molecule has 0 heterocycles. The van der Waals surface area contributed by atoms with Crippen LogP contribution in [-0.2, 0) is 26.2 Å². The van der Waals surface area contributed by atoms with Gasteiger partial charge in [-0.2, -0.15) is 0 Å². The summed E-state index contributed by atoms with van der Waals surface area (Å²) in [5.41, 5.74) is 1.09. The van der Waals surface area contributed by atoms with Crippen LogP contribution in [0.5, 0.6) is 0 Å². The highest BCUT2D eigenvalue weighted by atomic mass is 35.5. The van der Waals surface area contributed by atoms with Gasteiger partial charge in [0.1, 0.15) is 18.4 Å². The second-order valence-electron chi connectivity index (χ2n) is 10.4. The lowest BCUT2D eigenvalue weighted by Gasteiger charge is -2.34. The topological polar surface area (TPSA) is 86.8 Å². The average Bonchev–Trinajstić information content (AvgIpc) is 3.46. The first-order valence-corrected chi connectivity index (χ1v) is 16.1. The minimum absolute atomic E-state index is 0.0134. The fraction of sp³-hybridized carbons (Fsp3) is 0.355. The number of aryl methyl sites for hydroxylation is 1. The Morgan fingerprint density at radius 2 is 1.69 bits per heavy atom. The molecule has 1 N–H and O–H groups in total. The van der Waals surface area contributed by atoms with Crippen molar-refractivity contribution in [2.45, 2.75) is 69.5 Å². The van der Waals surface area contributed by atoms with E-state index in [9.17, 15) is 18.0 Å². The number of carbonyl (C=O) groups is 2. The highest BCUT2D eigenvalue weighted by Gasteiger charge is 2.35. The standard InChI is InChI=1S/C31H34Cl2FN3O4S/c1-3-28(31(39)35-24-8-4-5-9-24)36(19-22-14-15-23(32)18-26(22)33)30(38)20-37(29-11-7-6-10-27(29)34)42(40,41)25-16-12-21(2)13-17-25/h6-7,10-18,24,28H,3-5,8-9,19-20H2,1-2H3,(H,35,39). The average molecular weight is 635 g/mol. The predicted molar refractivity (Wildman–Crippen MR) is 164 cm³/mol. The van der Waals surface area contributed by atoms with Crippen molar-refractivity contribution < 1.29 is 22.4 Å². The van der Waals surface area contributed by atoms with E-state index >= 15 is 4.39 Å². The number of benzene rings is 3. The molecule has 0 aliphatic heterocycles. The third kappa shape index (κ3) is 7.43. The van der Waals surface area contributed by atoms with Gasteiger partial charge in [-0.1, -0.05) is 78.9 Å². The summed E-state index contributed by atoms with van der Waals surface area (Å²) in [7, 11) is -4.38. The Balaban J connectivity index is 1.74. The summed E-state index contributed by atoms with van der Waals surface area (Å²) < 4.78 is 43.6.